The minimum absolute atomic E-state index is 0.476. The smallest absolute Gasteiger partial charge is 0.424 e. The molecule has 3 aromatic rings. The Morgan fingerprint density at radius 3 is 1.54 bits per heavy atom. The summed E-state index contributed by atoms with van der Waals surface area (Å²) < 4.78 is 15.9. The molecule has 0 heterocycles. The lowest BCUT2D eigenvalue weighted by atomic mass is 10.2. The van der Waals surface area contributed by atoms with Crippen molar-refractivity contribution in [1.82, 2.24) is 0 Å². The van der Waals surface area contributed by atoms with Gasteiger partial charge in [0.1, 0.15) is 17.2 Å². The molecule has 0 aromatic heterocycles. The number of methoxy groups -OCH3 is 2. The maximum absolute atomic E-state index is 12.9. The second-order valence-corrected chi connectivity index (χ2v) is 5.41. The predicted octanol–water partition coefficient (Wildman–Crippen LogP) is 5.04. The van der Waals surface area contributed by atoms with E-state index in [1.807, 2.05) is 18.2 Å². The summed E-state index contributed by atoms with van der Waals surface area (Å²) in [6.45, 7) is 0. The summed E-state index contributed by atoms with van der Waals surface area (Å²) in [4.78, 5) is 14.4. The molecule has 0 aliphatic carbocycles. The first-order valence-corrected chi connectivity index (χ1v) is 8.06. The minimum Gasteiger partial charge on any atom is -0.497 e. The molecule has 0 fully saturated rings. The van der Waals surface area contributed by atoms with Crippen LogP contribution >= 0.6 is 0 Å². The van der Waals surface area contributed by atoms with Crippen LogP contribution in [0.15, 0.2) is 78.9 Å². The van der Waals surface area contributed by atoms with Crippen LogP contribution in [-0.2, 0) is 0 Å². The van der Waals surface area contributed by atoms with Crippen molar-refractivity contribution >= 4 is 17.5 Å². The van der Waals surface area contributed by atoms with Crippen LogP contribution in [0, 0.1) is 0 Å². The fourth-order valence-electron chi connectivity index (χ4n) is 2.46. The van der Waals surface area contributed by atoms with Crippen molar-refractivity contribution in [1.29, 1.82) is 0 Å². The molecule has 0 N–H and O–H groups in total. The molecule has 3 rings (SSSR count). The second kappa shape index (κ2) is 8.07. The number of para-hydroxylation sites is 1. The molecule has 132 valence electrons. The first kappa shape index (κ1) is 17.4. The Kier molecular flexibility index (Phi) is 5.39. The molecule has 1 amide bonds. The fraction of sp³-hybridized carbons (Fsp3) is 0.0952. The Hall–Kier alpha value is -3.47. The van der Waals surface area contributed by atoms with Crippen LogP contribution in [0.1, 0.15) is 0 Å². The monoisotopic (exact) mass is 349 g/mol. The van der Waals surface area contributed by atoms with Crippen LogP contribution in [0.25, 0.3) is 0 Å². The molecular formula is C21H19NO4. The molecule has 26 heavy (non-hydrogen) atoms. The normalized spacial score (nSPS) is 10.1. The van der Waals surface area contributed by atoms with Crippen LogP contribution in [0.3, 0.4) is 0 Å². The lowest BCUT2D eigenvalue weighted by Crippen LogP contribution is -2.29. The Bertz CT molecular complexity index is 798. The third kappa shape index (κ3) is 3.95. The van der Waals surface area contributed by atoms with Gasteiger partial charge in [-0.15, -0.1) is 0 Å². The van der Waals surface area contributed by atoms with Gasteiger partial charge in [0.15, 0.2) is 0 Å². The Morgan fingerprint density at radius 1 is 0.654 bits per heavy atom. The van der Waals surface area contributed by atoms with Gasteiger partial charge in [-0.3, -0.25) is 0 Å². The van der Waals surface area contributed by atoms with Gasteiger partial charge in [0.2, 0.25) is 0 Å². The van der Waals surface area contributed by atoms with Crippen molar-refractivity contribution in [2.75, 3.05) is 19.1 Å². The number of hydrogen-bond acceptors (Lipinski definition) is 4. The summed E-state index contributed by atoms with van der Waals surface area (Å²) in [6.07, 6.45) is -0.508. The molecule has 5 heteroatoms. The highest BCUT2D eigenvalue weighted by atomic mass is 16.6. The predicted molar refractivity (Wildman–Crippen MR) is 101 cm³/mol. The number of rotatable bonds is 5. The highest BCUT2D eigenvalue weighted by Crippen LogP contribution is 2.30. The van der Waals surface area contributed by atoms with E-state index in [9.17, 15) is 4.79 Å². The highest BCUT2D eigenvalue weighted by Gasteiger charge is 2.20. The largest absolute Gasteiger partial charge is 0.497 e. The van der Waals surface area contributed by atoms with E-state index in [-0.39, 0.29) is 0 Å². The first-order valence-electron chi connectivity index (χ1n) is 8.06. The zero-order valence-electron chi connectivity index (χ0n) is 14.6. The van der Waals surface area contributed by atoms with Crippen molar-refractivity contribution in [2.24, 2.45) is 0 Å². The first-order chi connectivity index (χ1) is 12.7. The number of carbonyl (C=O) groups is 1. The van der Waals surface area contributed by atoms with E-state index in [2.05, 4.69) is 0 Å². The van der Waals surface area contributed by atoms with Gasteiger partial charge in [-0.05, 0) is 60.7 Å². The number of benzene rings is 3. The van der Waals surface area contributed by atoms with Crippen LogP contribution in [0.4, 0.5) is 16.2 Å². The van der Waals surface area contributed by atoms with E-state index in [4.69, 9.17) is 14.2 Å². The molecule has 0 unspecified atom stereocenters. The van der Waals surface area contributed by atoms with Gasteiger partial charge in [-0.25, -0.2) is 9.69 Å². The topological polar surface area (TPSA) is 48.0 Å². The SMILES string of the molecule is COc1ccc(N(C(=O)Oc2ccccc2)c2ccc(OC)cc2)cc1. The molecule has 0 saturated carbocycles. The van der Waals surface area contributed by atoms with E-state index in [1.54, 1.807) is 74.9 Å². The van der Waals surface area contributed by atoms with E-state index in [0.717, 1.165) is 0 Å². The van der Waals surface area contributed by atoms with E-state index >= 15 is 0 Å². The molecular weight excluding hydrogens is 330 g/mol. The molecule has 0 aliphatic rings. The van der Waals surface area contributed by atoms with E-state index in [1.165, 1.54) is 4.90 Å². The lowest BCUT2D eigenvalue weighted by molar-refractivity contribution is 0.210. The van der Waals surface area contributed by atoms with Crippen LogP contribution in [0.5, 0.6) is 17.2 Å². The van der Waals surface area contributed by atoms with E-state index < -0.39 is 6.09 Å². The van der Waals surface area contributed by atoms with E-state index in [0.29, 0.717) is 28.6 Å². The van der Waals surface area contributed by atoms with Crippen LogP contribution < -0.4 is 19.1 Å². The summed E-state index contributed by atoms with van der Waals surface area (Å²) in [5.41, 5.74) is 1.33. The number of nitrogens with zero attached hydrogens (tertiary/aromatic N) is 1. The van der Waals surface area contributed by atoms with Crippen molar-refractivity contribution in [3.05, 3.63) is 78.9 Å². The van der Waals surface area contributed by atoms with Crippen LogP contribution in [-0.4, -0.2) is 20.3 Å². The fourth-order valence-corrected chi connectivity index (χ4v) is 2.46. The summed E-state index contributed by atoms with van der Waals surface area (Å²) in [7, 11) is 3.19. The summed E-state index contributed by atoms with van der Waals surface area (Å²) in [6, 6.07) is 23.3. The van der Waals surface area contributed by atoms with Gasteiger partial charge in [-0.1, -0.05) is 18.2 Å². The molecule has 0 atom stereocenters. The molecule has 0 radical (unpaired) electrons. The Labute approximate surface area is 152 Å². The van der Waals surface area contributed by atoms with Crippen molar-refractivity contribution in [3.63, 3.8) is 0 Å². The lowest BCUT2D eigenvalue weighted by Gasteiger charge is -2.22. The number of hydrogen-bond donors (Lipinski definition) is 0. The third-order valence-corrected chi connectivity index (χ3v) is 3.79. The molecule has 0 saturated heterocycles. The zero-order valence-corrected chi connectivity index (χ0v) is 14.6. The second-order valence-electron chi connectivity index (χ2n) is 5.41. The van der Waals surface area contributed by atoms with Crippen molar-refractivity contribution in [3.8, 4) is 17.2 Å². The number of carbonyl (C=O) groups excluding carboxylic acids is 1. The van der Waals surface area contributed by atoms with Gasteiger partial charge in [0.25, 0.3) is 0 Å². The average Bonchev–Trinajstić information content (AvgIpc) is 2.70. The van der Waals surface area contributed by atoms with Gasteiger partial charge < -0.3 is 14.2 Å². The quantitative estimate of drug-likeness (QED) is 0.647. The summed E-state index contributed by atoms with van der Waals surface area (Å²) in [5, 5.41) is 0. The number of ether oxygens (including phenoxy) is 3. The minimum atomic E-state index is -0.508. The maximum Gasteiger partial charge on any atom is 0.424 e. The average molecular weight is 349 g/mol. The Balaban J connectivity index is 1.95. The molecule has 3 aromatic carbocycles. The number of amides is 1. The van der Waals surface area contributed by atoms with Gasteiger partial charge >= 0.3 is 6.09 Å². The molecule has 5 nitrogen and oxygen atoms in total. The summed E-state index contributed by atoms with van der Waals surface area (Å²) >= 11 is 0. The van der Waals surface area contributed by atoms with Crippen LogP contribution in [0.2, 0.25) is 0 Å². The standard InChI is InChI=1S/C21H19NO4/c1-24-18-12-8-16(9-13-18)22(17-10-14-19(25-2)15-11-17)21(23)26-20-6-4-3-5-7-20/h3-15H,1-2H3. The van der Waals surface area contributed by atoms with Gasteiger partial charge in [0, 0.05) is 0 Å². The molecule has 0 aliphatic heterocycles. The number of anilines is 2. The van der Waals surface area contributed by atoms with Gasteiger partial charge in [0.05, 0.1) is 25.6 Å². The van der Waals surface area contributed by atoms with Crippen molar-refractivity contribution in [2.45, 2.75) is 0 Å². The Morgan fingerprint density at radius 2 is 1.12 bits per heavy atom. The molecule has 0 bridgehead atoms. The zero-order chi connectivity index (χ0) is 18.4. The molecule has 0 spiro atoms. The highest BCUT2D eigenvalue weighted by molar-refractivity contribution is 5.97. The third-order valence-electron chi connectivity index (χ3n) is 3.79. The summed E-state index contributed by atoms with van der Waals surface area (Å²) in [5.74, 6) is 1.89. The van der Waals surface area contributed by atoms with Crippen molar-refractivity contribution < 1.29 is 19.0 Å². The van der Waals surface area contributed by atoms with Gasteiger partial charge in [-0.2, -0.15) is 0 Å². The maximum atomic E-state index is 12.9.